The van der Waals surface area contributed by atoms with Crippen molar-refractivity contribution in [2.45, 2.75) is 19.5 Å². The summed E-state index contributed by atoms with van der Waals surface area (Å²) in [5.74, 6) is -0.729. The molecule has 1 aliphatic rings. The Morgan fingerprint density at radius 2 is 2.04 bits per heavy atom. The van der Waals surface area contributed by atoms with Crippen molar-refractivity contribution in [3.05, 3.63) is 28.1 Å². The zero-order chi connectivity index (χ0) is 18.8. The molecule has 10 heteroatoms. The Morgan fingerprint density at radius 3 is 2.65 bits per heavy atom. The number of nitrogens with zero attached hydrogens (tertiary/aromatic N) is 2. The summed E-state index contributed by atoms with van der Waals surface area (Å²) >= 11 is 7.02. The molecular weight excluding hydrogens is 388 g/mol. The van der Waals surface area contributed by atoms with Gasteiger partial charge in [0.05, 0.1) is 0 Å². The van der Waals surface area contributed by atoms with Crippen LogP contribution in [0.4, 0.5) is 13.9 Å². The average molecular weight is 402 g/mol. The fourth-order valence-corrected chi connectivity index (χ4v) is 3.78. The molecule has 0 radical (unpaired) electrons. The molecule has 0 aliphatic carbocycles. The molecule has 0 unspecified atom stereocenters. The third-order valence-electron chi connectivity index (χ3n) is 3.84. The Kier molecular flexibility index (Phi) is 5.38. The van der Waals surface area contributed by atoms with Crippen LogP contribution < -0.4 is 15.4 Å². The number of Topliss-reactive ketones (excluding diaryl/α,β-unsaturated/α-hetero) is 1. The molecule has 0 saturated carbocycles. The van der Waals surface area contributed by atoms with Crippen LogP contribution in [0.15, 0.2) is 18.2 Å². The summed E-state index contributed by atoms with van der Waals surface area (Å²) in [5.41, 5.74) is 5.73. The quantitative estimate of drug-likeness (QED) is 0.830. The molecule has 2 heterocycles. The van der Waals surface area contributed by atoms with Gasteiger partial charge in [-0.05, 0) is 18.2 Å². The van der Waals surface area contributed by atoms with E-state index in [0.717, 1.165) is 11.3 Å². The molecule has 1 aromatic carbocycles. The molecule has 1 aliphatic heterocycles. The minimum Gasteiger partial charge on any atom is -0.434 e. The number of anilines is 1. The highest BCUT2D eigenvalue weighted by molar-refractivity contribution is 7.18. The van der Waals surface area contributed by atoms with Crippen LogP contribution in [0.25, 0.3) is 11.3 Å². The summed E-state index contributed by atoms with van der Waals surface area (Å²) in [4.78, 5) is 29.6. The van der Waals surface area contributed by atoms with Gasteiger partial charge in [0.15, 0.2) is 5.13 Å². The monoisotopic (exact) mass is 401 g/mol. The SMILES string of the molecule is NC(=O)c1sc(N2CCC(=O)CC2)nc1-c1cc(Cl)ccc1OC(F)F. The van der Waals surface area contributed by atoms with Gasteiger partial charge >= 0.3 is 6.61 Å². The van der Waals surface area contributed by atoms with Crippen molar-refractivity contribution in [1.82, 2.24) is 4.98 Å². The average Bonchev–Trinajstić information content (AvgIpc) is 3.02. The second kappa shape index (κ2) is 7.55. The summed E-state index contributed by atoms with van der Waals surface area (Å²) in [7, 11) is 0. The number of amides is 1. The van der Waals surface area contributed by atoms with Gasteiger partial charge in [-0.1, -0.05) is 22.9 Å². The number of carbonyl (C=O) groups is 2. The number of hydrogen-bond acceptors (Lipinski definition) is 6. The number of primary amides is 1. The lowest BCUT2D eigenvalue weighted by atomic mass is 10.1. The van der Waals surface area contributed by atoms with Crippen molar-refractivity contribution in [2.24, 2.45) is 5.73 Å². The molecule has 1 amide bonds. The van der Waals surface area contributed by atoms with Gasteiger partial charge in [-0.2, -0.15) is 8.78 Å². The lowest BCUT2D eigenvalue weighted by molar-refractivity contribution is -0.119. The Hall–Kier alpha value is -2.26. The van der Waals surface area contributed by atoms with Crippen molar-refractivity contribution in [3.63, 3.8) is 0 Å². The maximum atomic E-state index is 12.7. The number of thiazole rings is 1. The molecule has 1 aromatic heterocycles. The van der Waals surface area contributed by atoms with Crippen LogP contribution in [0.5, 0.6) is 5.75 Å². The minimum atomic E-state index is -3.04. The van der Waals surface area contributed by atoms with Crippen LogP contribution in [0, 0.1) is 0 Å². The fraction of sp³-hybridized carbons (Fsp3) is 0.312. The van der Waals surface area contributed by atoms with Gasteiger partial charge in [0.2, 0.25) is 0 Å². The third-order valence-corrected chi connectivity index (χ3v) is 5.21. The predicted molar refractivity (Wildman–Crippen MR) is 94.2 cm³/mol. The first kappa shape index (κ1) is 18.5. The molecular formula is C16H14ClF2N3O3S. The van der Waals surface area contributed by atoms with Crippen LogP contribution >= 0.6 is 22.9 Å². The first-order chi connectivity index (χ1) is 12.3. The van der Waals surface area contributed by atoms with E-state index < -0.39 is 12.5 Å². The fourth-order valence-electron chi connectivity index (χ4n) is 2.63. The summed E-state index contributed by atoms with van der Waals surface area (Å²) in [6.07, 6.45) is 0.773. The van der Waals surface area contributed by atoms with Crippen LogP contribution in [0.1, 0.15) is 22.5 Å². The first-order valence-electron chi connectivity index (χ1n) is 7.67. The number of ether oxygens (including phenoxy) is 1. The van der Waals surface area contributed by atoms with Gasteiger partial charge in [-0.25, -0.2) is 4.98 Å². The molecule has 2 aromatic rings. The Morgan fingerprint density at radius 1 is 1.35 bits per heavy atom. The van der Waals surface area contributed by atoms with Crippen molar-refractivity contribution >= 4 is 39.8 Å². The lowest BCUT2D eigenvalue weighted by Gasteiger charge is -2.25. The smallest absolute Gasteiger partial charge is 0.387 e. The Balaban J connectivity index is 2.06. The highest BCUT2D eigenvalue weighted by Gasteiger charge is 2.26. The van der Waals surface area contributed by atoms with Gasteiger partial charge in [-0.15, -0.1) is 0 Å². The van der Waals surface area contributed by atoms with E-state index in [1.807, 2.05) is 4.90 Å². The number of rotatable bonds is 5. The Bertz CT molecular complexity index is 849. The van der Waals surface area contributed by atoms with Gasteiger partial charge in [0.25, 0.3) is 5.91 Å². The normalized spacial score (nSPS) is 14.8. The molecule has 6 nitrogen and oxygen atoms in total. The molecule has 0 spiro atoms. The number of piperidine rings is 1. The zero-order valence-corrected chi connectivity index (χ0v) is 14.9. The van der Waals surface area contributed by atoms with E-state index in [1.54, 1.807) is 0 Å². The van der Waals surface area contributed by atoms with Crippen molar-refractivity contribution < 1.29 is 23.1 Å². The van der Waals surface area contributed by atoms with E-state index in [1.165, 1.54) is 18.2 Å². The number of alkyl halides is 2. The van der Waals surface area contributed by atoms with Gasteiger partial charge in [0.1, 0.15) is 22.1 Å². The molecule has 1 saturated heterocycles. The number of aromatic nitrogens is 1. The van der Waals surface area contributed by atoms with E-state index in [2.05, 4.69) is 9.72 Å². The molecule has 26 heavy (non-hydrogen) atoms. The van der Waals surface area contributed by atoms with Crippen LogP contribution in [-0.4, -0.2) is 36.4 Å². The maximum Gasteiger partial charge on any atom is 0.387 e. The summed E-state index contributed by atoms with van der Waals surface area (Å²) < 4.78 is 29.9. The highest BCUT2D eigenvalue weighted by Crippen LogP contribution is 2.39. The predicted octanol–water partition coefficient (Wildman–Crippen LogP) is 3.33. The number of carbonyl (C=O) groups excluding carboxylic acids is 2. The maximum absolute atomic E-state index is 12.7. The third kappa shape index (κ3) is 3.94. The van der Waals surface area contributed by atoms with Crippen LogP contribution in [0.2, 0.25) is 5.02 Å². The number of nitrogens with two attached hydrogens (primary N) is 1. The van der Waals surface area contributed by atoms with Crippen molar-refractivity contribution in [1.29, 1.82) is 0 Å². The highest BCUT2D eigenvalue weighted by atomic mass is 35.5. The van der Waals surface area contributed by atoms with Gasteiger partial charge in [-0.3, -0.25) is 9.59 Å². The number of hydrogen-bond donors (Lipinski definition) is 1. The van der Waals surface area contributed by atoms with E-state index >= 15 is 0 Å². The number of benzene rings is 1. The molecule has 138 valence electrons. The molecule has 0 bridgehead atoms. The molecule has 2 N–H and O–H groups in total. The van der Waals surface area contributed by atoms with Gasteiger partial charge in [0, 0.05) is 36.5 Å². The summed E-state index contributed by atoms with van der Waals surface area (Å²) in [6.45, 7) is -2.10. The Labute approximate surface area is 156 Å². The largest absolute Gasteiger partial charge is 0.434 e. The van der Waals surface area contributed by atoms with Gasteiger partial charge < -0.3 is 15.4 Å². The number of ketones is 1. The van der Waals surface area contributed by atoms with Crippen molar-refractivity contribution in [3.8, 4) is 17.0 Å². The van der Waals surface area contributed by atoms with Crippen molar-refractivity contribution in [2.75, 3.05) is 18.0 Å². The molecule has 1 fully saturated rings. The van der Waals surface area contributed by atoms with E-state index in [0.29, 0.717) is 31.1 Å². The topological polar surface area (TPSA) is 85.5 Å². The molecule has 0 atom stereocenters. The van der Waals surface area contributed by atoms with Crippen LogP contribution in [-0.2, 0) is 4.79 Å². The van der Waals surface area contributed by atoms with E-state index in [4.69, 9.17) is 17.3 Å². The standard InChI is InChI=1S/C16H14ClF2N3O3S/c17-8-1-2-11(25-15(18)19)10(7-8)12-13(14(20)24)26-16(21-12)22-5-3-9(23)4-6-22/h1-2,7,15H,3-6H2,(H2,20,24). The summed E-state index contributed by atoms with van der Waals surface area (Å²) in [6, 6.07) is 4.08. The summed E-state index contributed by atoms with van der Waals surface area (Å²) in [5, 5.41) is 0.763. The lowest BCUT2D eigenvalue weighted by Crippen LogP contribution is -2.33. The van der Waals surface area contributed by atoms with E-state index in [-0.39, 0.29) is 32.7 Å². The minimum absolute atomic E-state index is 0.110. The first-order valence-corrected chi connectivity index (χ1v) is 8.86. The zero-order valence-electron chi connectivity index (χ0n) is 13.4. The number of halogens is 3. The van der Waals surface area contributed by atoms with Crippen LogP contribution in [0.3, 0.4) is 0 Å². The molecule has 3 rings (SSSR count). The van der Waals surface area contributed by atoms with E-state index in [9.17, 15) is 18.4 Å². The second-order valence-corrected chi connectivity index (χ2v) is 7.00. The second-order valence-electron chi connectivity index (χ2n) is 5.58.